The maximum Gasteiger partial charge on any atom is 0.410 e. The van der Waals surface area contributed by atoms with Gasteiger partial charge in [-0.05, 0) is 58.8 Å². The van der Waals surface area contributed by atoms with Crippen molar-refractivity contribution in [3.8, 4) is 0 Å². The topological polar surface area (TPSA) is 92.7 Å². The minimum absolute atomic E-state index is 0.0248. The van der Waals surface area contributed by atoms with E-state index in [1.165, 1.54) is 25.1 Å². The SMILES string of the molecule is C[C@@H](NC(=O)c1cn([C@H]2C[C@@H]2C2CC2)c(=O)cc1NC1[C@H]2CN(C(=O)OC(C)(C)C)C[C@@H]12)c1cccc(C(F)F)c1F. The number of anilines is 1. The number of pyridine rings is 1. The Morgan fingerprint density at radius 3 is 2.36 bits per heavy atom. The fourth-order valence-electron chi connectivity index (χ4n) is 6.48. The van der Waals surface area contributed by atoms with Gasteiger partial charge >= 0.3 is 6.09 Å². The Balaban J connectivity index is 1.21. The summed E-state index contributed by atoms with van der Waals surface area (Å²) in [7, 11) is 0. The minimum Gasteiger partial charge on any atom is -0.444 e. The number of halogens is 3. The molecule has 0 bridgehead atoms. The number of ether oxygens (including phenoxy) is 1. The van der Waals surface area contributed by atoms with E-state index in [1.807, 2.05) is 20.8 Å². The van der Waals surface area contributed by atoms with Gasteiger partial charge < -0.3 is 24.8 Å². The fraction of sp³-hybridized carbons (Fsp3) is 0.581. The highest BCUT2D eigenvalue weighted by Crippen LogP contribution is 2.56. The van der Waals surface area contributed by atoms with Gasteiger partial charge in [0.2, 0.25) is 0 Å². The standard InChI is InChI=1S/C31H37F3N4O4/c1-15(17-6-5-7-18(26(17)32)28(33)34)35-29(40)22-14-38(24-10-19(24)16-8-9-16)25(39)11-23(22)36-27-20-12-37(13-21(20)27)30(41)42-31(2,3)4/h5-7,11,14-16,19-21,24,27-28,36H,8-10,12-13H2,1-4H3,(H,35,40)/t15-,19-,20-,21+,24+,27?/m1/s1. The number of piperidine rings is 1. The number of benzene rings is 1. The number of likely N-dealkylation sites (tertiary alicyclic amines) is 1. The van der Waals surface area contributed by atoms with Crippen molar-refractivity contribution in [2.45, 2.75) is 77.1 Å². The molecule has 3 saturated carbocycles. The number of alkyl halides is 2. The van der Waals surface area contributed by atoms with E-state index < -0.39 is 35.4 Å². The number of rotatable bonds is 8. The molecule has 2 amide bonds. The normalized spacial score (nSPS) is 27.0. The van der Waals surface area contributed by atoms with Crippen LogP contribution in [0.4, 0.5) is 23.7 Å². The van der Waals surface area contributed by atoms with Gasteiger partial charge in [0.25, 0.3) is 17.9 Å². The highest BCUT2D eigenvalue weighted by atomic mass is 19.3. The third kappa shape index (κ3) is 5.62. The van der Waals surface area contributed by atoms with Gasteiger partial charge in [0.15, 0.2) is 0 Å². The molecule has 8 nitrogen and oxygen atoms in total. The van der Waals surface area contributed by atoms with Gasteiger partial charge in [0.1, 0.15) is 11.4 Å². The van der Waals surface area contributed by atoms with Crippen LogP contribution >= 0.6 is 0 Å². The molecule has 0 spiro atoms. The molecular weight excluding hydrogens is 549 g/mol. The van der Waals surface area contributed by atoms with Crippen LogP contribution in [0.15, 0.2) is 35.3 Å². The predicted octanol–water partition coefficient (Wildman–Crippen LogP) is 5.66. The van der Waals surface area contributed by atoms with Crippen molar-refractivity contribution < 1.29 is 27.5 Å². The molecule has 3 aliphatic carbocycles. The molecule has 1 aromatic heterocycles. The zero-order valence-electron chi connectivity index (χ0n) is 24.2. The lowest BCUT2D eigenvalue weighted by Gasteiger charge is -2.26. The Hall–Kier alpha value is -3.50. The van der Waals surface area contributed by atoms with E-state index in [0.29, 0.717) is 30.6 Å². The lowest BCUT2D eigenvalue weighted by Crippen LogP contribution is -2.38. The Morgan fingerprint density at radius 1 is 1.07 bits per heavy atom. The quantitative estimate of drug-likeness (QED) is 0.416. The maximum absolute atomic E-state index is 14.8. The smallest absolute Gasteiger partial charge is 0.410 e. The predicted molar refractivity (Wildman–Crippen MR) is 150 cm³/mol. The summed E-state index contributed by atoms with van der Waals surface area (Å²) in [5, 5.41) is 6.12. The van der Waals surface area contributed by atoms with Gasteiger partial charge in [-0.15, -0.1) is 0 Å². The summed E-state index contributed by atoms with van der Waals surface area (Å²) in [5.74, 6) is -0.211. The second-order valence-electron chi connectivity index (χ2n) is 13.3. The molecule has 2 N–H and O–H groups in total. The van der Waals surface area contributed by atoms with Crippen molar-refractivity contribution in [2.24, 2.45) is 23.7 Å². The summed E-state index contributed by atoms with van der Waals surface area (Å²) in [6.45, 7) is 8.02. The molecule has 2 aromatic rings. The molecule has 1 saturated heterocycles. The molecule has 1 aromatic carbocycles. The van der Waals surface area contributed by atoms with Crippen LogP contribution in [-0.4, -0.2) is 46.2 Å². The first-order chi connectivity index (χ1) is 19.8. The van der Waals surface area contributed by atoms with Gasteiger partial charge in [-0.1, -0.05) is 18.2 Å². The number of nitrogens with zero attached hydrogens (tertiary/aromatic N) is 2. The Labute approximate surface area is 242 Å². The summed E-state index contributed by atoms with van der Waals surface area (Å²) >= 11 is 0. The van der Waals surface area contributed by atoms with Gasteiger partial charge in [-0.25, -0.2) is 18.0 Å². The van der Waals surface area contributed by atoms with Gasteiger partial charge in [-0.3, -0.25) is 9.59 Å². The number of hydrogen-bond donors (Lipinski definition) is 2. The largest absolute Gasteiger partial charge is 0.444 e. The molecular formula is C31H37F3N4O4. The summed E-state index contributed by atoms with van der Waals surface area (Å²) in [6, 6.07) is 4.31. The van der Waals surface area contributed by atoms with Gasteiger partial charge in [-0.2, -0.15) is 0 Å². The van der Waals surface area contributed by atoms with Crippen molar-refractivity contribution in [3.05, 3.63) is 63.3 Å². The van der Waals surface area contributed by atoms with Gasteiger partial charge in [0.05, 0.1) is 22.9 Å². The highest BCUT2D eigenvalue weighted by molar-refractivity contribution is 5.99. The molecule has 6 atom stereocenters. The fourth-order valence-corrected chi connectivity index (χ4v) is 6.48. The van der Waals surface area contributed by atoms with Crippen LogP contribution in [0.1, 0.15) is 87.0 Å². The van der Waals surface area contributed by atoms with Crippen LogP contribution in [0.2, 0.25) is 0 Å². The van der Waals surface area contributed by atoms with Crippen LogP contribution in [0.5, 0.6) is 0 Å². The first kappa shape index (κ1) is 28.6. The molecule has 0 radical (unpaired) electrons. The number of hydrogen-bond acceptors (Lipinski definition) is 5. The summed E-state index contributed by atoms with van der Waals surface area (Å²) in [5.41, 5.74) is -0.942. The molecule has 11 heteroatoms. The molecule has 42 heavy (non-hydrogen) atoms. The number of fused-ring (bicyclic) bond motifs is 1. The lowest BCUT2D eigenvalue weighted by molar-refractivity contribution is 0.0272. The molecule has 4 fully saturated rings. The van der Waals surface area contributed by atoms with E-state index in [0.717, 1.165) is 25.3 Å². The third-order valence-electron chi connectivity index (χ3n) is 8.99. The van der Waals surface area contributed by atoms with E-state index in [1.54, 1.807) is 15.7 Å². The van der Waals surface area contributed by atoms with Crippen LogP contribution in [0.25, 0.3) is 0 Å². The van der Waals surface area contributed by atoms with E-state index in [4.69, 9.17) is 4.74 Å². The number of amides is 2. The van der Waals surface area contributed by atoms with Crippen LogP contribution in [-0.2, 0) is 4.74 Å². The van der Waals surface area contributed by atoms with E-state index >= 15 is 0 Å². The summed E-state index contributed by atoms with van der Waals surface area (Å²) in [4.78, 5) is 41.0. The Kier molecular flexibility index (Phi) is 7.05. The maximum atomic E-state index is 14.8. The number of aromatic nitrogens is 1. The second kappa shape index (κ2) is 10.3. The molecule has 2 heterocycles. The zero-order valence-corrected chi connectivity index (χ0v) is 24.2. The van der Waals surface area contributed by atoms with E-state index in [9.17, 15) is 27.6 Å². The number of carbonyl (C=O) groups is 2. The minimum atomic E-state index is -2.98. The van der Waals surface area contributed by atoms with Crippen molar-refractivity contribution in [2.75, 3.05) is 18.4 Å². The number of nitrogens with one attached hydrogen (secondary N) is 2. The van der Waals surface area contributed by atoms with Crippen LogP contribution < -0.4 is 16.2 Å². The van der Waals surface area contributed by atoms with Crippen LogP contribution in [0, 0.1) is 29.5 Å². The van der Waals surface area contributed by atoms with Crippen molar-refractivity contribution in [1.29, 1.82) is 0 Å². The Morgan fingerprint density at radius 2 is 1.74 bits per heavy atom. The molecule has 1 unspecified atom stereocenters. The summed E-state index contributed by atoms with van der Waals surface area (Å²) in [6.07, 6.45) is 1.46. The molecule has 1 aliphatic heterocycles. The Bertz CT molecular complexity index is 1460. The lowest BCUT2D eigenvalue weighted by atomic mass is 10.0. The average Bonchev–Trinajstić information content (AvgIpc) is 3.83. The van der Waals surface area contributed by atoms with Crippen LogP contribution in [0.3, 0.4) is 0 Å². The highest BCUT2D eigenvalue weighted by Gasteiger charge is 2.57. The van der Waals surface area contributed by atoms with Gasteiger partial charge in [0, 0.05) is 54.8 Å². The zero-order chi connectivity index (χ0) is 30.1. The molecule has 4 aliphatic rings. The van der Waals surface area contributed by atoms with Crippen molar-refractivity contribution in [1.82, 2.24) is 14.8 Å². The summed E-state index contributed by atoms with van der Waals surface area (Å²) < 4.78 is 48.5. The molecule has 226 valence electrons. The first-order valence-electron chi connectivity index (χ1n) is 14.7. The third-order valence-corrected chi connectivity index (χ3v) is 8.99. The van der Waals surface area contributed by atoms with Crippen molar-refractivity contribution >= 4 is 17.7 Å². The number of carbonyl (C=O) groups excluding carboxylic acids is 2. The first-order valence-corrected chi connectivity index (χ1v) is 14.7. The van der Waals surface area contributed by atoms with E-state index in [2.05, 4.69) is 10.6 Å². The molecule has 6 rings (SSSR count). The second-order valence-corrected chi connectivity index (χ2v) is 13.3. The van der Waals surface area contributed by atoms with E-state index in [-0.39, 0.29) is 46.7 Å². The average molecular weight is 587 g/mol. The van der Waals surface area contributed by atoms with Crippen molar-refractivity contribution in [3.63, 3.8) is 0 Å². The monoisotopic (exact) mass is 586 g/mol.